The molecule has 0 aliphatic heterocycles. The number of halogens is 1. The van der Waals surface area contributed by atoms with Crippen molar-refractivity contribution in [2.24, 2.45) is 0 Å². The second-order valence-electron chi connectivity index (χ2n) is 2.55. The minimum atomic E-state index is 0.0992. The first-order valence-electron chi connectivity index (χ1n) is 4.28. The first-order valence-corrected chi connectivity index (χ1v) is 5.08. The molecule has 0 aliphatic carbocycles. The minimum Gasteiger partial charge on any atom is -0.480 e. The molecule has 0 heterocycles. The van der Waals surface area contributed by atoms with Gasteiger partial charge in [-0.25, -0.2) is 0 Å². The van der Waals surface area contributed by atoms with Crippen LogP contribution < -0.4 is 4.74 Å². The molecule has 0 radical (unpaired) electrons. The summed E-state index contributed by atoms with van der Waals surface area (Å²) in [6.07, 6.45) is 0.499. The van der Waals surface area contributed by atoms with Crippen molar-refractivity contribution in [2.75, 3.05) is 13.2 Å². The van der Waals surface area contributed by atoms with E-state index in [1.165, 1.54) is 0 Å². The summed E-state index contributed by atoms with van der Waals surface area (Å²) in [6, 6.07) is 7.61. The number of para-hydroxylation sites is 1. The van der Waals surface area contributed by atoms with E-state index in [1.54, 1.807) is 0 Å². The zero-order valence-electron chi connectivity index (χ0n) is 7.66. The molecule has 0 unspecified atom stereocenters. The molecule has 0 saturated carbocycles. The molecule has 0 fully saturated rings. The molecule has 1 N–H and O–H groups in total. The van der Waals surface area contributed by atoms with Crippen LogP contribution in [-0.4, -0.2) is 18.3 Å². The molecule has 0 bridgehead atoms. The zero-order valence-corrected chi connectivity index (χ0v) is 9.25. The van der Waals surface area contributed by atoms with Crippen molar-refractivity contribution in [3.05, 3.63) is 28.7 Å². The van der Waals surface area contributed by atoms with Gasteiger partial charge in [0.15, 0.2) is 0 Å². The summed E-state index contributed by atoms with van der Waals surface area (Å²) in [5.74, 6) is 6.38. The second-order valence-corrected chi connectivity index (χ2v) is 3.40. The quantitative estimate of drug-likeness (QED) is 0.839. The molecule has 0 spiro atoms. The molecule has 1 rings (SSSR count). The molecule has 0 amide bonds. The Morgan fingerprint density at radius 1 is 1.29 bits per heavy atom. The largest absolute Gasteiger partial charge is 0.480 e. The summed E-state index contributed by atoms with van der Waals surface area (Å²) in [7, 11) is 0. The summed E-state index contributed by atoms with van der Waals surface area (Å²) in [5, 5.41) is 8.48. The third-order valence-electron chi connectivity index (χ3n) is 1.50. The van der Waals surface area contributed by atoms with Crippen molar-refractivity contribution in [3.63, 3.8) is 0 Å². The van der Waals surface area contributed by atoms with E-state index in [0.29, 0.717) is 13.0 Å². The lowest BCUT2D eigenvalue weighted by Gasteiger charge is -2.03. The Bertz CT molecular complexity index is 339. The first-order chi connectivity index (χ1) is 6.84. The van der Waals surface area contributed by atoms with E-state index in [1.807, 2.05) is 24.3 Å². The fourth-order valence-electron chi connectivity index (χ4n) is 0.871. The summed E-state index contributed by atoms with van der Waals surface area (Å²) < 4.78 is 6.30. The molecule has 2 nitrogen and oxygen atoms in total. The molecule has 1 aromatic rings. The lowest BCUT2D eigenvalue weighted by molar-refractivity contribution is 0.305. The zero-order chi connectivity index (χ0) is 10.2. The van der Waals surface area contributed by atoms with Gasteiger partial charge in [0, 0.05) is 6.42 Å². The third-order valence-corrected chi connectivity index (χ3v) is 2.15. The standard InChI is InChI=1S/C11H11BrO2/c12-10-6-2-3-7-11(10)14-9-5-1-4-8-13/h2-3,6-7,13H,4,8-9H2. The summed E-state index contributed by atoms with van der Waals surface area (Å²) in [4.78, 5) is 0. The fourth-order valence-corrected chi connectivity index (χ4v) is 1.27. The normalized spacial score (nSPS) is 9.00. The molecular formula is C11H11BrO2. The monoisotopic (exact) mass is 254 g/mol. The van der Waals surface area contributed by atoms with E-state index in [-0.39, 0.29) is 6.61 Å². The number of hydrogen-bond acceptors (Lipinski definition) is 2. The molecule has 0 aliphatic rings. The third kappa shape index (κ3) is 3.82. The van der Waals surface area contributed by atoms with Gasteiger partial charge >= 0.3 is 0 Å². The second kappa shape index (κ2) is 6.47. The van der Waals surface area contributed by atoms with Gasteiger partial charge in [0.1, 0.15) is 12.4 Å². The van der Waals surface area contributed by atoms with Crippen molar-refractivity contribution < 1.29 is 9.84 Å². The molecular weight excluding hydrogens is 244 g/mol. The van der Waals surface area contributed by atoms with Crippen LogP contribution in [0.3, 0.4) is 0 Å². The number of rotatable bonds is 3. The molecule has 74 valence electrons. The number of benzene rings is 1. The van der Waals surface area contributed by atoms with Crippen LogP contribution in [0.5, 0.6) is 5.75 Å². The highest BCUT2D eigenvalue weighted by atomic mass is 79.9. The Hall–Kier alpha value is -0.980. The predicted octanol–water partition coefficient (Wildman–Crippen LogP) is 2.21. The van der Waals surface area contributed by atoms with E-state index in [2.05, 4.69) is 27.8 Å². The van der Waals surface area contributed by atoms with E-state index in [4.69, 9.17) is 9.84 Å². The number of aliphatic hydroxyl groups is 1. The van der Waals surface area contributed by atoms with Gasteiger partial charge in [0.25, 0.3) is 0 Å². The highest BCUT2D eigenvalue weighted by molar-refractivity contribution is 9.10. The molecule has 0 aromatic heterocycles. The van der Waals surface area contributed by atoms with E-state index in [0.717, 1.165) is 10.2 Å². The summed E-state index contributed by atoms with van der Waals surface area (Å²) in [6.45, 7) is 0.449. The molecule has 1 aromatic carbocycles. The number of hydrogen-bond donors (Lipinski definition) is 1. The van der Waals surface area contributed by atoms with Crippen LogP contribution in [-0.2, 0) is 0 Å². The Balaban J connectivity index is 2.40. The Morgan fingerprint density at radius 2 is 2.07 bits per heavy atom. The maximum Gasteiger partial charge on any atom is 0.149 e. The topological polar surface area (TPSA) is 29.5 Å². The summed E-state index contributed by atoms with van der Waals surface area (Å²) in [5.41, 5.74) is 0. The van der Waals surface area contributed by atoms with Crippen LogP contribution >= 0.6 is 15.9 Å². The Morgan fingerprint density at radius 3 is 2.79 bits per heavy atom. The Labute approximate surface area is 92.0 Å². The van der Waals surface area contributed by atoms with Crippen molar-refractivity contribution in [2.45, 2.75) is 6.42 Å². The van der Waals surface area contributed by atoms with Crippen LogP contribution in [0.15, 0.2) is 28.7 Å². The summed E-state index contributed by atoms with van der Waals surface area (Å²) >= 11 is 3.37. The molecule has 0 atom stereocenters. The van der Waals surface area contributed by atoms with Crippen molar-refractivity contribution in [1.29, 1.82) is 0 Å². The van der Waals surface area contributed by atoms with Gasteiger partial charge in [-0.1, -0.05) is 24.0 Å². The van der Waals surface area contributed by atoms with Crippen LogP contribution in [0.4, 0.5) is 0 Å². The molecule has 0 saturated heterocycles. The molecule has 3 heteroatoms. The van der Waals surface area contributed by atoms with E-state index in [9.17, 15) is 0 Å². The number of ether oxygens (including phenoxy) is 1. The average molecular weight is 255 g/mol. The minimum absolute atomic E-state index is 0.0992. The highest BCUT2D eigenvalue weighted by Crippen LogP contribution is 2.23. The van der Waals surface area contributed by atoms with Gasteiger partial charge in [-0.3, -0.25) is 0 Å². The van der Waals surface area contributed by atoms with E-state index >= 15 is 0 Å². The SMILES string of the molecule is OCCC#CCOc1ccccc1Br. The Kier molecular flexibility index (Phi) is 5.13. The van der Waals surface area contributed by atoms with Crippen molar-refractivity contribution in [1.82, 2.24) is 0 Å². The first kappa shape index (κ1) is 11.1. The average Bonchev–Trinajstić information content (AvgIpc) is 2.20. The van der Waals surface area contributed by atoms with Crippen molar-refractivity contribution in [3.8, 4) is 17.6 Å². The van der Waals surface area contributed by atoms with Crippen LogP contribution in [0.2, 0.25) is 0 Å². The van der Waals surface area contributed by atoms with Gasteiger partial charge in [0.05, 0.1) is 11.1 Å². The van der Waals surface area contributed by atoms with Crippen molar-refractivity contribution >= 4 is 15.9 Å². The van der Waals surface area contributed by atoms with E-state index < -0.39 is 0 Å². The van der Waals surface area contributed by atoms with Crippen LogP contribution in [0.25, 0.3) is 0 Å². The lowest BCUT2D eigenvalue weighted by atomic mass is 10.3. The van der Waals surface area contributed by atoms with Gasteiger partial charge in [-0.15, -0.1) is 0 Å². The smallest absolute Gasteiger partial charge is 0.149 e. The maximum absolute atomic E-state index is 8.48. The lowest BCUT2D eigenvalue weighted by Crippen LogP contribution is -1.94. The van der Waals surface area contributed by atoms with Crippen LogP contribution in [0.1, 0.15) is 6.42 Å². The van der Waals surface area contributed by atoms with Gasteiger partial charge in [0.2, 0.25) is 0 Å². The fraction of sp³-hybridized carbons (Fsp3) is 0.273. The van der Waals surface area contributed by atoms with Gasteiger partial charge < -0.3 is 9.84 Å². The van der Waals surface area contributed by atoms with Gasteiger partial charge in [-0.2, -0.15) is 0 Å². The molecule has 14 heavy (non-hydrogen) atoms. The van der Waals surface area contributed by atoms with Crippen LogP contribution in [0, 0.1) is 11.8 Å². The highest BCUT2D eigenvalue weighted by Gasteiger charge is 1.96. The maximum atomic E-state index is 8.48. The predicted molar refractivity (Wildman–Crippen MR) is 59.1 cm³/mol. The van der Waals surface area contributed by atoms with Gasteiger partial charge in [-0.05, 0) is 28.1 Å². The number of aliphatic hydroxyl groups excluding tert-OH is 1.